The van der Waals surface area contributed by atoms with Gasteiger partial charge < -0.3 is 9.32 Å². The number of aromatic nitrogens is 4. The molecule has 4 aromatic rings. The van der Waals surface area contributed by atoms with Crippen molar-refractivity contribution in [2.24, 2.45) is 7.05 Å². The molecular formula is C16H15N5OS. The number of rotatable bonds is 5. The third-order valence-corrected chi connectivity index (χ3v) is 4.52. The van der Waals surface area contributed by atoms with E-state index in [-0.39, 0.29) is 0 Å². The van der Waals surface area contributed by atoms with Gasteiger partial charge in [-0.05, 0) is 23.6 Å². The van der Waals surface area contributed by atoms with Gasteiger partial charge in [-0.2, -0.15) is 5.10 Å². The first-order chi connectivity index (χ1) is 11.3. The van der Waals surface area contributed by atoms with Crippen molar-refractivity contribution in [3.63, 3.8) is 0 Å². The maximum absolute atomic E-state index is 5.52. The first-order valence-corrected chi connectivity index (χ1v) is 8.11. The quantitative estimate of drug-likeness (QED) is 0.564. The lowest BCUT2D eigenvalue weighted by Crippen LogP contribution is -2.22. The van der Waals surface area contributed by atoms with Crippen LogP contribution in [0.3, 0.4) is 0 Å². The van der Waals surface area contributed by atoms with Crippen LogP contribution >= 0.6 is 11.3 Å². The van der Waals surface area contributed by atoms with Crippen LogP contribution in [-0.2, 0) is 20.1 Å². The molecule has 4 rings (SSSR count). The lowest BCUT2D eigenvalue weighted by molar-refractivity contribution is 0.501. The van der Waals surface area contributed by atoms with E-state index >= 15 is 0 Å². The van der Waals surface area contributed by atoms with Gasteiger partial charge in [-0.25, -0.2) is 9.97 Å². The lowest BCUT2D eigenvalue weighted by Gasteiger charge is -2.22. The van der Waals surface area contributed by atoms with Gasteiger partial charge in [-0.3, -0.25) is 4.68 Å². The van der Waals surface area contributed by atoms with Crippen LogP contribution in [0.1, 0.15) is 10.6 Å². The summed E-state index contributed by atoms with van der Waals surface area (Å²) in [5, 5.41) is 7.33. The number of fused-ring (bicyclic) bond motifs is 1. The molecule has 0 atom stereocenters. The van der Waals surface area contributed by atoms with Crippen LogP contribution in [0.4, 0.5) is 5.82 Å². The highest BCUT2D eigenvalue weighted by Crippen LogP contribution is 2.26. The Kier molecular flexibility index (Phi) is 3.55. The van der Waals surface area contributed by atoms with E-state index in [4.69, 9.17) is 4.42 Å². The van der Waals surface area contributed by atoms with Gasteiger partial charge in [0.25, 0.3) is 0 Å². The van der Waals surface area contributed by atoms with Crippen LogP contribution in [0.2, 0.25) is 0 Å². The molecule has 7 heteroatoms. The van der Waals surface area contributed by atoms with Crippen molar-refractivity contribution in [1.82, 2.24) is 19.7 Å². The minimum atomic E-state index is 0.645. The number of aryl methyl sites for hydroxylation is 1. The van der Waals surface area contributed by atoms with Gasteiger partial charge in [0.15, 0.2) is 5.65 Å². The fourth-order valence-electron chi connectivity index (χ4n) is 2.59. The van der Waals surface area contributed by atoms with Crippen LogP contribution in [0, 0.1) is 0 Å². The monoisotopic (exact) mass is 325 g/mol. The van der Waals surface area contributed by atoms with E-state index in [1.165, 1.54) is 4.88 Å². The van der Waals surface area contributed by atoms with Gasteiger partial charge in [0, 0.05) is 11.9 Å². The minimum Gasteiger partial charge on any atom is -0.467 e. The number of thiophene rings is 1. The highest BCUT2D eigenvalue weighted by molar-refractivity contribution is 7.09. The van der Waals surface area contributed by atoms with E-state index in [1.807, 2.05) is 25.4 Å². The van der Waals surface area contributed by atoms with Gasteiger partial charge in [-0.15, -0.1) is 11.3 Å². The second-order valence-electron chi connectivity index (χ2n) is 5.22. The van der Waals surface area contributed by atoms with Crippen LogP contribution in [0.5, 0.6) is 0 Å². The number of hydrogen-bond acceptors (Lipinski definition) is 6. The van der Waals surface area contributed by atoms with Crippen LogP contribution < -0.4 is 4.90 Å². The molecule has 4 aromatic heterocycles. The summed E-state index contributed by atoms with van der Waals surface area (Å²) in [6.45, 7) is 1.41. The number of nitrogens with zero attached hydrogens (tertiary/aromatic N) is 5. The topological polar surface area (TPSA) is 60.0 Å². The summed E-state index contributed by atoms with van der Waals surface area (Å²) in [6, 6.07) is 8.06. The van der Waals surface area contributed by atoms with Gasteiger partial charge >= 0.3 is 0 Å². The van der Waals surface area contributed by atoms with Gasteiger partial charge in [0.1, 0.15) is 17.9 Å². The molecule has 0 saturated heterocycles. The number of furan rings is 1. The largest absolute Gasteiger partial charge is 0.467 e. The Morgan fingerprint density at radius 1 is 1.22 bits per heavy atom. The van der Waals surface area contributed by atoms with Crippen molar-refractivity contribution in [3.05, 3.63) is 59.1 Å². The molecule has 4 heterocycles. The summed E-state index contributed by atoms with van der Waals surface area (Å²) in [7, 11) is 1.88. The van der Waals surface area contributed by atoms with Gasteiger partial charge in [0.05, 0.1) is 30.9 Å². The first kappa shape index (κ1) is 14.0. The van der Waals surface area contributed by atoms with Gasteiger partial charge in [0.2, 0.25) is 0 Å². The molecule has 0 aliphatic carbocycles. The first-order valence-electron chi connectivity index (χ1n) is 7.23. The predicted octanol–water partition coefficient (Wildman–Crippen LogP) is 3.22. The summed E-state index contributed by atoms with van der Waals surface area (Å²) in [5.41, 5.74) is 0.825. The summed E-state index contributed by atoms with van der Waals surface area (Å²) < 4.78 is 7.28. The highest BCUT2D eigenvalue weighted by Gasteiger charge is 2.17. The Balaban J connectivity index is 1.76. The minimum absolute atomic E-state index is 0.645. The summed E-state index contributed by atoms with van der Waals surface area (Å²) in [5.74, 6) is 1.77. The molecule has 0 aromatic carbocycles. The Hall–Kier alpha value is -2.67. The van der Waals surface area contributed by atoms with Crippen molar-refractivity contribution in [2.45, 2.75) is 13.1 Å². The zero-order valence-corrected chi connectivity index (χ0v) is 13.4. The fraction of sp³-hybridized carbons (Fsp3) is 0.188. The molecule has 0 aliphatic heterocycles. The SMILES string of the molecule is Cn1ncc2c(N(Cc3ccco3)Cc3cccs3)ncnc21. The Morgan fingerprint density at radius 2 is 2.17 bits per heavy atom. The lowest BCUT2D eigenvalue weighted by atomic mass is 10.3. The molecule has 0 bridgehead atoms. The summed E-state index contributed by atoms with van der Waals surface area (Å²) >= 11 is 1.73. The van der Waals surface area contributed by atoms with Crippen molar-refractivity contribution < 1.29 is 4.42 Å². The summed E-state index contributed by atoms with van der Waals surface area (Å²) in [6.07, 6.45) is 5.09. The van der Waals surface area contributed by atoms with Crippen molar-refractivity contribution in [2.75, 3.05) is 4.90 Å². The fourth-order valence-corrected chi connectivity index (χ4v) is 3.31. The van der Waals surface area contributed by atoms with Gasteiger partial charge in [-0.1, -0.05) is 6.07 Å². The number of hydrogen-bond donors (Lipinski definition) is 0. The molecular weight excluding hydrogens is 310 g/mol. The molecule has 0 unspecified atom stereocenters. The van der Waals surface area contributed by atoms with E-state index < -0.39 is 0 Å². The molecule has 23 heavy (non-hydrogen) atoms. The van der Waals surface area contributed by atoms with E-state index in [1.54, 1.807) is 28.6 Å². The van der Waals surface area contributed by atoms with Crippen molar-refractivity contribution >= 4 is 28.2 Å². The smallest absolute Gasteiger partial charge is 0.163 e. The van der Waals surface area contributed by atoms with Crippen molar-refractivity contribution in [1.29, 1.82) is 0 Å². The maximum Gasteiger partial charge on any atom is 0.163 e. The second-order valence-corrected chi connectivity index (χ2v) is 6.25. The maximum atomic E-state index is 5.52. The van der Waals surface area contributed by atoms with Crippen LogP contribution in [-0.4, -0.2) is 19.7 Å². The van der Waals surface area contributed by atoms with E-state index in [0.717, 1.165) is 29.2 Å². The zero-order valence-electron chi connectivity index (χ0n) is 12.6. The molecule has 116 valence electrons. The molecule has 0 spiro atoms. The standard InChI is InChI=1S/C16H15N5OS/c1-20-15-14(8-19-20)16(18-11-17-15)21(9-12-4-2-6-22-12)10-13-5-3-7-23-13/h2-8,11H,9-10H2,1H3. The Labute approximate surface area is 137 Å². The van der Waals surface area contributed by atoms with Crippen molar-refractivity contribution in [3.8, 4) is 0 Å². The zero-order chi connectivity index (χ0) is 15.6. The van der Waals surface area contributed by atoms with E-state index in [9.17, 15) is 0 Å². The Morgan fingerprint density at radius 3 is 2.96 bits per heavy atom. The third-order valence-electron chi connectivity index (χ3n) is 3.66. The molecule has 0 aliphatic rings. The molecule has 0 N–H and O–H groups in total. The molecule has 6 nitrogen and oxygen atoms in total. The number of anilines is 1. The molecule has 0 radical (unpaired) electrons. The van der Waals surface area contributed by atoms with Crippen LogP contribution in [0.25, 0.3) is 11.0 Å². The van der Waals surface area contributed by atoms with E-state index in [2.05, 4.69) is 37.5 Å². The average molecular weight is 325 g/mol. The molecule has 0 amide bonds. The third kappa shape index (κ3) is 2.70. The van der Waals surface area contributed by atoms with Crippen LogP contribution in [0.15, 0.2) is 52.9 Å². The molecule has 0 fully saturated rings. The Bertz CT molecular complexity index is 862. The highest BCUT2D eigenvalue weighted by atomic mass is 32.1. The normalized spacial score (nSPS) is 11.2. The van der Waals surface area contributed by atoms with E-state index in [0.29, 0.717) is 6.54 Å². The summed E-state index contributed by atoms with van der Waals surface area (Å²) in [4.78, 5) is 12.3. The second kappa shape index (κ2) is 5.85. The average Bonchev–Trinajstić information content (AvgIpc) is 3.30. The molecule has 0 saturated carbocycles. The predicted molar refractivity (Wildman–Crippen MR) is 89.2 cm³/mol.